The Labute approximate surface area is 132 Å². The van der Waals surface area contributed by atoms with Gasteiger partial charge in [-0.15, -0.1) is 0 Å². The zero-order chi connectivity index (χ0) is 14.8. The summed E-state index contributed by atoms with van der Waals surface area (Å²) < 4.78 is 0. The molecule has 0 bridgehead atoms. The molecule has 0 unspecified atom stereocenters. The van der Waals surface area contributed by atoms with Gasteiger partial charge in [0.2, 0.25) is 0 Å². The van der Waals surface area contributed by atoms with E-state index in [9.17, 15) is 10.1 Å². The first kappa shape index (κ1) is 14.8. The monoisotopic (exact) mass is 326 g/mol. The number of aliphatic imine (C=N–C) groups is 1. The van der Waals surface area contributed by atoms with Gasteiger partial charge in [0.15, 0.2) is 5.17 Å². The number of rotatable bonds is 3. The van der Waals surface area contributed by atoms with E-state index in [2.05, 4.69) is 21.7 Å². The Morgan fingerprint density at radius 1 is 1.43 bits per heavy atom. The summed E-state index contributed by atoms with van der Waals surface area (Å²) in [4.78, 5) is 19.7. The predicted octanol–water partition coefficient (Wildman–Crippen LogP) is 2.27. The highest BCUT2D eigenvalue weighted by Gasteiger charge is 2.25. The summed E-state index contributed by atoms with van der Waals surface area (Å²) in [5.74, 6) is 0. The Morgan fingerprint density at radius 2 is 2.19 bits per heavy atom. The number of thioether (sulfide) groups is 1. The average Bonchev–Trinajstić information content (AvgIpc) is 3.09. The highest BCUT2D eigenvalue weighted by atomic mass is 32.2. The smallest absolute Gasteiger partial charge is 0.324 e. The van der Waals surface area contributed by atoms with E-state index >= 15 is 0 Å². The van der Waals surface area contributed by atoms with E-state index in [-0.39, 0.29) is 9.92 Å². The molecule has 0 aliphatic carbocycles. The van der Waals surface area contributed by atoms with Crippen LogP contribution in [0, 0.1) is 10.1 Å². The van der Waals surface area contributed by atoms with Gasteiger partial charge in [-0.2, -0.15) is 0 Å². The standard InChI is InChI=1S/C13H18N4O2S2/c1-10-7-14-13(21-10)16-4-2-15(3-5-16)8-11-6-12(17(18)19)20-9-11/h6,9-10H,2-5,7-8H2,1H3/t10-/m0/s1. The fraction of sp³-hybridized carbons (Fsp3) is 0.615. The lowest BCUT2D eigenvalue weighted by molar-refractivity contribution is -0.380. The number of nitrogens with zero attached hydrogens (tertiary/aromatic N) is 4. The van der Waals surface area contributed by atoms with Gasteiger partial charge in [0.25, 0.3) is 0 Å². The molecule has 8 heteroatoms. The Morgan fingerprint density at radius 3 is 2.76 bits per heavy atom. The lowest BCUT2D eigenvalue weighted by atomic mass is 10.2. The molecule has 1 fully saturated rings. The molecule has 3 rings (SSSR count). The van der Waals surface area contributed by atoms with Gasteiger partial charge in [-0.05, 0) is 5.56 Å². The summed E-state index contributed by atoms with van der Waals surface area (Å²) in [7, 11) is 0. The van der Waals surface area contributed by atoms with E-state index in [0.29, 0.717) is 5.25 Å². The maximum atomic E-state index is 10.7. The van der Waals surface area contributed by atoms with Crippen molar-refractivity contribution in [1.29, 1.82) is 0 Å². The van der Waals surface area contributed by atoms with Gasteiger partial charge in [-0.1, -0.05) is 30.0 Å². The summed E-state index contributed by atoms with van der Waals surface area (Å²) in [6.07, 6.45) is 0. The van der Waals surface area contributed by atoms with Crippen molar-refractivity contribution in [1.82, 2.24) is 9.80 Å². The SMILES string of the molecule is C[C@H]1CN=C(N2CCN(Cc3csc([N+](=O)[O-])c3)CC2)S1. The van der Waals surface area contributed by atoms with E-state index in [1.165, 1.54) is 16.5 Å². The van der Waals surface area contributed by atoms with E-state index < -0.39 is 0 Å². The second kappa shape index (κ2) is 6.33. The highest BCUT2D eigenvalue weighted by Crippen LogP contribution is 2.25. The van der Waals surface area contributed by atoms with Crippen LogP contribution in [0.25, 0.3) is 0 Å². The molecule has 1 aromatic heterocycles. The molecule has 6 nitrogen and oxygen atoms in total. The Hall–Kier alpha value is -1.12. The van der Waals surface area contributed by atoms with Crippen LogP contribution >= 0.6 is 23.1 Å². The van der Waals surface area contributed by atoms with Crippen molar-refractivity contribution in [3.8, 4) is 0 Å². The van der Waals surface area contributed by atoms with Crippen LogP contribution in [0.4, 0.5) is 5.00 Å². The maximum absolute atomic E-state index is 10.7. The Balaban J connectivity index is 1.50. The number of hydrogen-bond donors (Lipinski definition) is 0. The molecular formula is C13H18N4O2S2. The topological polar surface area (TPSA) is 62.0 Å². The van der Waals surface area contributed by atoms with Gasteiger partial charge >= 0.3 is 5.00 Å². The van der Waals surface area contributed by atoms with Crippen molar-refractivity contribution in [3.05, 3.63) is 27.1 Å². The predicted molar refractivity (Wildman–Crippen MR) is 87.2 cm³/mol. The largest absolute Gasteiger partial charge is 0.349 e. The van der Waals surface area contributed by atoms with E-state index in [0.717, 1.165) is 44.8 Å². The molecule has 0 amide bonds. The first-order valence-electron chi connectivity index (χ1n) is 7.02. The van der Waals surface area contributed by atoms with Crippen LogP contribution < -0.4 is 0 Å². The van der Waals surface area contributed by atoms with Crippen molar-refractivity contribution in [2.24, 2.45) is 4.99 Å². The van der Waals surface area contributed by atoms with Gasteiger partial charge in [-0.3, -0.25) is 20.0 Å². The van der Waals surface area contributed by atoms with E-state index in [1.807, 2.05) is 17.1 Å². The van der Waals surface area contributed by atoms with Gasteiger partial charge in [-0.25, -0.2) is 0 Å². The lowest BCUT2D eigenvalue weighted by Crippen LogP contribution is -2.47. The molecular weight excluding hydrogens is 308 g/mol. The van der Waals surface area contributed by atoms with Crippen LogP contribution in [0.5, 0.6) is 0 Å². The van der Waals surface area contributed by atoms with Crippen LogP contribution in [-0.4, -0.2) is 57.9 Å². The fourth-order valence-electron chi connectivity index (χ4n) is 2.53. The van der Waals surface area contributed by atoms with Crippen molar-refractivity contribution in [2.75, 3.05) is 32.7 Å². The van der Waals surface area contributed by atoms with Crippen LogP contribution in [0.2, 0.25) is 0 Å². The number of piperazine rings is 1. The van der Waals surface area contributed by atoms with Crippen LogP contribution in [0.15, 0.2) is 16.4 Å². The number of thiophene rings is 1. The minimum absolute atomic E-state index is 0.231. The van der Waals surface area contributed by atoms with Gasteiger partial charge in [0.05, 0.1) is 11.5 Å². The average molecular weight is 326 g/mol. The van der Waals surface area contributed by atoms with E-state index in [4.69, 9.17) is 0 Å². The van der Waals surface area contributed by atoms with Gasteiger partial charge < -0.3 is 4.90 Å². The molecule has 0 saturated carbocycles. The summed E-state index contributed by atoms with van der Waals surface area (Å²) >= 11 is 3.08. The van der Waals surface area contributed by atoms with Crippen molar-refractivity contribution in [3.63, 3.8) is 0 Å². The van der Waals surface area contributed by atoms with Crippen LogP contribution in [-0.2, 0) is 6.54 Å². The zero-order valence-electron chi connectivity index (χ0n) is 11.9. The first-order valence-corrected chi connectivity index (χ1v) is 8.78. The second-order valence-corrected chi connectivity index (χ2v) is 7.66. The molecule has 1 atom stereocenters. The molecule has 0 spiro atoms. The first-order chi connectivity index (χ1) is 10.1. The third-order valence-electron chi connectivity index (χ3n) is 3.66. The summed E-state index contributed by atoms with van der Waals surface area (Å²) in [5, 5.41) is 14.6. The van der Waals surface area contributed by atoms with Crippen molar-refractivity contribution in [2.45, 2.75) is 18.7 Å². The maximum Gasteiger partial charge on any atom is 0.324 e. The molecule has 1 aromatic rings. The fourth-order valence-corrected chi connectivity index (χ4v) is 4.24. The third kappa shape index (κ3) is 3.56. The summed E-state index contributed by atoms with van der Waals surface area (Å²) in [6.45, 7) is 7.89. The molecule has 114 valence electrons. The summed E-state index contributed by atoms with van der Waals surface area (Å²) in [5.41, 5.74) is 1.04. The molecule has 2 aliphatic heterocycles. The Bertz CT molecular complexity index is 552. The summed E-state index contributed by atoms with van der Waals surface area (Å²) in [6, 6.07) is 1.69. The minimum Gasteiger partial charge on any atom is -0.349 e. The lowest BCUT2D eigenvalue weighted by Gasteiger charge is -2.35. The minimum atomic E-state index is -0.317. The third-order valence-corrected chi connectivity index (χ3v) is 5.74. The molecule has 3 heterocycles. The van der Waals surface area contributed by atoms with Gasteiger partial charge in [0, 0.05) is 49.4 Å². The zero-order valence-corrected chi connectivity index (χ0v) is 13.5. The molecule has 0 N–H and O–H groups in total. The van der Waals surface area contributed by atoms with Crippen LogP contribution in [0.3, 0.4) is 0 Å². The molecule has 0 radical (unpaired) electrons. The van der Waals surface area contributed by atoms with Crippen LogP contribution in [0.1, 0.15) is 12.5 Å². The molecule has 21 heavy (non-hydrogen) atoms. The molecule has 2 aliphatic rings. The molecule has 1 saturated heterocycles. The normalized spacial score (nSPS) is 23.4. The molecule has 0 aromatic carbocycles. The Kier molecular flexibility index (Phi) is 4.46. The number of amidine groups is 1. The number of nitro groups is 1. The number of hydrogen-bond acceptors (Lipinski definition) is 7. The quantitative estimate of drug-likeness (QED) is 0.630. The second-order valence-electron chi connectivity index (χ2n) is 5.37. The van der Waals surface area contributed by atoms with E-state index in [1.54, 1.807) is 6.07 Å². The van der Waals surface area contributed by atoms with Gasteiger partial charge in [0.1, 0.15) is 0 Å². The highest BCUT2D eigenvalue weighted by molar-refractivity contribution is 8.14. The van der Waals surface area contributed by atoms with Crippen molar-refractivity contribution >= 4 is 33.3 Å². The van der Waals surface area contributed by atoms with Crippen molar-refractivity contribution < 1.29 is 4.92 Å².